The number of rotatable bonds is 5. The number of aryl methyl sites for hydroxylation is 1. The molecule has 2 rings (SSSR count). The Kier molecular flexibility index (Phi) is 5.66. The Bertz CT molecular complexity index is 856. The molecule has 0 aliphatic rings. The van der Waals surface area contributed by atoms with Crippen LogP contribution >= 0.6 is 11.6 Å². The van der Waals surface area contributed by atoms with Crippen molar-refractivity contribution in [3.8, 4) is 0 Å². The summed E-state index contributed by atoms with van der Waals surface area (Å²) < 4.78 is 17.7. The first-order valence-electron chi connectivity index (χ1n) is 6.95. The van der Waals surface area contributed by atoms with Crippen molar-refractivity contribution < 1.29 is 23.6 Å². The molecule has 0 aliphatic heterocycles. The number of esters is 1. The van der Waals surface area contributed by atoms with Gasteiger partial charge in [-0.05, 0) is 31.2 Å². The Labute approximate surface area is 146 Å². The molecule has 0 spiro atoms. The Morgan fingerprint density at radius 2 is 2.04 bits per heavy atom. The molecule has 7 nitrogen and oxygen atoms in total. The maximum absolute atomic E-state index is 12.9. The van der Waals surface area contributed by atoms with E-state index in [0.29, 0.717) is 5.56 Å². The van der Waals surface area contributed by atoms with E-state index in [1.807, 2.05) is 0 Å². The highest BCUT2D eigenvalue weighted by Crippen LogP contribution is 2.24. The SMILES string of the molecule is Cc1cccc(C(=O)OCC(=O)Nc2ccc(F)cc2Cl)c1[N+](=O)[O-]. The minimum absolute atomic E-state index is 0.0194. The van der Waals surface area contributed by atoms with Crippen LogP contribution in [0.25, 0.3) is 0 Å². The number of ether oxygens (including phenoxy) is 1. The Morgan fingerprint density at radius 1 is 1.32 bits per heavy atom. The van der Waals surface area contributed by atoms with Gasteiger partial charge in [0.05, 0.1) is 15.6 Å². The smallest absolute Gasteiger partial charge is 0.345 e. The van der Waals surface area contributed by atoms with E-state index in [4.69, 9.17) is 16.3 Å². The predicted molar refractivity (Wildman–Crippen MR) is 88.2 cm³/mol. The summed E-state index contributed by atoms with van der Waals surface area (Å²) in [6.45, 7) is 0.801. The number of para-hydroxylation sites is 1. The lowest BCUT2D eigenvalue weighted by atomic mass is 10.1. The van der Waals surface area contributed by atoms with Gasteiger partial charge in [-0.15, -0.1) is 0 Å². The zero-order valence-electron chi connectivity index (χ0n) is 12.9. The van der Waals surface area contributed by atoms with Gasteiger partial charge in [-0.3, -0.25) is 14.9 Å². The first-order valence-corrected chi connectivity index (χ1v) is 7.33. The molecule has 0 unspecified atom stereocenters. The summed E-state index contributed by atoms with van der Waals surface area (Å²) in [6, 6.07) is 7.56. The summed E-state index contributed by atoms with van der Waals surface area (Å²) in [7, 11) is 0. The molecule has 130 valence electrons. The molecular formula is C16H12ClFN2O5. The fraction of sp³-hybridized carbons (Fsp3) is 0.125. The van der Waals surface area contributed by atoms with Gasteiger partial charge in [-0.25, -0.2) is 9.18 Å². The van der Waals surface area contributed by atoms with Crippen LogP contribution in [-0.2, 0) is 9.53 Å². The highest BCUT2D eigenvalue weighted by molar-refractivity contribution is 6.33. The van der Waals surface area contributed by atoms with E-state index in [2.05, 4.69) is 5.32 Å². The highest BCUT2D eigenvalue weighted by atomic mass is 35.5. The van der Waals surface area contributed by atoms with Crippen molar-refractivity contribution in [3.05, 3.63) is 68.5 Å². The van der Waals surface area contributed by atoms with Crippen LogP contribution in [0.5, 0.6) is 0 Å². The number of carbonyl (C=O) groups excluding carboxylic acids is 2. The Balaban J connectivity index is 2.04. The van der Waals surface area contributed by atoms with Gasteiger partial charge in [0.15, 0.2) is 6.61 Å². The van der Waals surface area contributed by atoms with E-state index in [1.54, 1.807) is 0 Å². The van der Waals surface area contributed by atoms with Crippen LogP contribution in [-0.4, -0.2) is 23.4 Å². The van der Waals surface area contributed by atoms with Gasteiger partial charge in [0.25, 0.3) is 11.6 Å². The topological polar surface area (TPSA) is 98.5 Å². The number of nitro groups is 1. The molecule has 0 saturated carbocycles. The third kappa shape index (κ3) is 4.51. The first-order chi connectivity index (χ1) is 11.8. The van der Waals surface area contributed by atoms with Crippen molar-refractivity contribution in [1.82, 2.24) is 0 Å². The number of nitro benzene ring substituents is 1. The standard InChI is InChI=1S/C16H12ClFN2O5/c1-9-3-2-4-11(15(9)20(23)24)16(22)25-8-14(21)19-13-6-5-10(18)7-12(13)17/h2-7H,8H2,1H3,(H,19,21). The monoisotopic (exact) mass is 366 g/mol. The van der Waals surface area contributed by atoms with Crippen molar-refractivity contribution in [2.24, 2.45) is 0 Å². The number of hydrogen-bond acceptors (Lipinski definition) is 5. The molecule has 2 aromatic rings. The zero-order valence-corrected chi connectivity index (χ0v) is 13.7. The summed E-state index contributed by atoms with van der Waals surface area (Å²) in [5, 5.41) is 13.4. The number of hydrogen-bond donors (Lipinski definition) is 1. The van der Waals surface area contributed by atoms with Crippen LogP contribution in [0.2, 0.25) is 5.02 Å². The summed E-state index contributed by atoms with van der Waals surface area (Å²) in [4.78, 5) is 34.2. The van der Waals surface area contributed by atoms with E-state index in [0.717, 1.165) is 12.1 Å². The van der Waals surface area contributed by atoms with Gasteiger partial charge in [0.1, 0.15) is 11.4 Å². The minimum Gasteiger partial charge on any atom is -0.452 e. The average molecular weight is 367 g/mol. The molecule has 0 saturated heterocycles. The molecule has 0 radical (unpaired) electrons. The van der Waals surface area contributed by atoms with Crippen LogP contribution in [0.1, 0.15) is 15.9 Å². The number of anilines is 1. The first kappa shape index (κ1) is 18.3. The highest BCUT2D eigenvalue weighted by Gasteiger charge is 2.24. The van der Waals surface area contributed by atoms with Crippen molar-refractivity contribution in [2.75, 3.05) is 11.9 Å². The van der Waals surface area contributed by atoms with Gasteiger partial charge < -0.3 is 10.1 Å². The minimum atomic E-state index is -1.00. The second-order valence-corrected chi connectivity index (χ2v) is 5.38. The third-order valence-electron chi connectivity index (χ3n) is 3.18. The van der Waals surface area contributed by atoms with Gasteiger partial charge in [-0.1, -0.05) is 23.7 Å². The van der Waals surface area contributed by atoms with E-state index >= 15 is 0 Å². The van der Waals surface area contributed by atoms with Crippen LogP contribution in [0.4, 0.5) is 15.8 Å². The maximum Gasteiger partial charge on any atom is 0.345 e. The van der Waals surface area contributed by atoms with E-state index in [9.17, 15) is 24.1 Å². The molecule has 0 aromatic heterocycles. The lowest BCUT2D eigenvalue weighted by Gasteiger charge is -2.09. The molecule has 9 heteroatoms. The number of amides is 1. The molecule has 2 aromatic carbocycles. The number of nitrogens with one attached hydrogen (secondary N) is 1. The van der Waals surface area contributed by atoms with Gasteiger partial charge in [-0.2, -0.15) is 0 Å². The van der Waals surface area contributed by atoms with E-state index < -0.39 is 29.2 Å². The normalized spacial score (nSPS) is 10.2. The predicted octanol–water partition coefficient (Wildman–Crippen LogP) is 3.49. The number of benzene rings is 2. The molecule has 0 heterocycles. The Morgan fingerprint density at radius 3 is 2.68 bits per heavy atom. The van der Waals surface area contributed by atoms with Gasteiger partial charge >= 0.3 is 5.97 Å². The third-order valence-corrected chi connectivity index (χ3v) is 3.49. The van der Waals surface area contributed by atoms with E-state index in [1.165, 1.54) is 31.2 Å². The molecule has 0 fully saturated rings. The molecule has 0 bridgehead atoms. The molecule has 0 atom stereocenters. The zero-order chi connectivity index (χ0) is 18.6. The fourth-order valence-electron chi connectivity index (χ4n) is 2.05. The quantitative estimate of drug-likeness (QED) is 0.496. The average Bonchev–Trinajstić information content (AvgIpc) is 2.54. The Hall–Kier alpha value is -3.00. The molecule has 1 amide bonds. The lowest BCUT2D eigenvalue weighted by molar-refractivity contribution is -0.385. The molecule has 0 aliphatic carbocycles. The molecule has 1 N–H and O–H groups in total. The van der Waals surface area contributed by atoms with Gasteiger partial charge in [0, 0.05) is 5.56 Å². The van der Waals surface area contributed by atoms with Crippen LogP contribution in [0, 0.1) is 22.9 Å². The van der Waals surface area contributed by atoms with Crippen LogP contribution in [0.3, 0.4) is 0 Å². The van der Waals surface area contributed by atoms with Crippen molar-refractivity contribution in [3.63, 3.8) is 0 Å². The summed E-state index contributed by atoms with van der Waals surface area (Å²) in [5.41, 5.74) is -0.195. The van der Waals surface area contributed by atoms with E-state index in [-0.39, 0.29) is 22.0 Å². The van der Waals surface area contributed by atoms with Gasteiger partial charge in [0.2, 0.25) is 0 Å². The summed E-state index contributed by atoms with van der Waals surface area (Å²) in [5.74, 6) is -2.30. The van der Waals surface area contributed by atoms with Crippen molar-refractivity contribution >= 4 is 34.9 Å². The molecular weight excluding hydrogens is 355 g/mol. The lowest BCUT2D eigenvalue weighted by Crippen LogP contribution is -2.21. The fourth-order valence-corrected chi connectivity index (χ4v) is 2.27. The maximum atomic E-state index is 12.9. The van der Waals surface area contributed by atoms with Crippen molar-refractivity contribution in [2.45, 2.75) is 6.92 Å². The van der Waals surface area contributed by atoms with Crippen molar-refractivity contribution in [1.29, 1.82) is 0 Å². The summed E-state index contributed by atoms with van der Waals surface area (Å²) in [6.07, 6.45) is 0. The second-order valence-electron chi connectivity index (χ2n) is 4.98. The molecule has 25 heavy (non-hydrogen) atoms. The second kappa shape index (κ2) is 7.71. The van der Waals surface area contributed by atoms with Crippen LogP contribution < -0.4 is 5.32 Å². The largest absolute Gasteiger partial charge is 0.452 e. The summed E-state index contributed by atoms with van der Waals surface area (Å²) >= 11 is 5.77. The number of carbonyl (C=O) groups is 2. The number of halogens is 2. The number of nitrogens with zero attached hydrogens (tertiary/aromatic N) is 1. The van der Waals surface area contributed by atoms with Crippen LogP contribution in [0.15, 0.2) is 36.4 Å².